The van der Waals surface area contributed by atoms with Crippen LogP contribution in [0.1, 0.15) is 39.7 Å². The van der Waals surface area contributed by atoms with Gasteiger partial charge < -0.3 is 5.73 Å². The van der Waals surface area contributed by atoms with Crippen molar-refractivity contribution in [2.75, 3.05) is 5.73 Å². The number of aromatic nitrogens is 5. The van der Waals surface area contributed by atoms with Crippen molar-refractivity contribution in [2.45, 2.75) is 45.2 Å². The smallest absolute Gasteiger partial charge is 0.256 e. The fourth-order valence-corrected chi connectivity index (χ4v) is 2.12. The van der Waals surface area contributed by atoms with Gasteiger partial charge in [-0.25, -0.2) is 9.53 Å². The molecule has 104 valence electrons. The number of nitrogen functional groups attached to an aromatic ring is 1. The predicted octanol–water partition coefficient (Wildman–Crippen LogP) is 2.36. The minimum absolute atomic E-state index is 0.283. The Bertz CT molecular complexity index is 691. The third-order valence-electron chi connectivity index (χ3n) is 3.32. The maximum absolute atomic E-state index is 7.33. The Hall–Kier alpha value is -2.36. The van der Waals surface area contributed by atoms with Crippen molar-refractivity contribution in [1.29, 1.82) is 0 Å². The average molecular weight is 271 g/mol. The zero-order chi connectivity index (χ0) is 14.5. The second kappa shape index (κ2) is 4.07. The zero-order valence-electron chi connectivity index (χ0n) is 11.8. The second-order valence-electron chi connectivity index (χ2n) is 6.09. The van der Waals surface area contributed by atoms with Crippen molar-refractivity contribution in [3.63, 3.8) is 0 Å². The summed E-state index contributed by atoms with van der Waals surface area (Å²) in [5.74, 6) is 0.378. The van der Waals surface area contributed by atoms with Crippen LogP contribution in [0.2, 0.25) is 0 Å². The van der Waals surface area contributed by atoms with Crippen LogP contribution in [-0.2, 0) is 5.54 Å². The molecule has 0 radical (unpaired) electrons. The van der Waals surface area contributed by atoms with Crippen LogP contribution in [0.3, 0.4) is 0 Å². The van der Waals surface area contributed by atoms with Crippen LogP contribution in [0, 0.1) is 6.57 Å². The lowest BCUT2D eigenvalue weighted by Gasteiger charge is -2.21. The first-order valence-corrected chi connectivity index (χ1v) is 6.60. The minimum Gasteiger partial charge on any atom is -0.393 e. The van der Waals surface area contributed by atoms with Gasteiger partial charge in [-0.3, -0.25) is 4.68 Å². The van der Waals surface area contributed by atoms with E-state index >= 15 is 0 Å². The first kappa shape index (κ1) is 12.7. The molecule has 1 aliphatic rings. The van der Waals surface area contributed by atoms with Crippen LogP contribution in [-0.4, -0.2) is 24.8 Å². The maximum atomic E-state index is 7.33. The van der Waals surface area contributed by atoms with E-state index in [9.17, 15) is 0 Å². The predicted molar refractivity (Wildman–Crippen MR) is 75.2 cm³/mol. The average Bonchev–Trinajstić information content (AvgIpc) is 2.99. The molecule has 7 heteroatoms. The highest BCUT2D eigenvalue weighted by Gasteiger charge is 2.28. The molecule has 7 nitrogen and oxygen atoms in total. The minimum atomic E-state index is -0.283. The Morgan fingerprint density at radius 3 is 2.65 bits per heavy atom. The monoisotopic (exact) mass is 271 g/mol. The summed E-state index contributed by atoms with van der Waals surface area (Å²) in [7, 11) is 0. The lowest BCUT2D eigenvalue weighted by atomic mass is 10.1. The fraction of sp³-hybridized carbons (Fsp3) is 0.538. The molecule has 0 aromatic carbocycles. The molecule has 2 aromatic rings. The zero-order valence-corrected chi connectivity index (χ0v) is 11.8. The van der Waals surface area contributed by atoms with E-state index in [1.807, 2.05) is 31.6 Å². The van der Waals surface area contributed by atoms with Crippen LogP contribution >= 0.6 is 0 Å². The largest absolute Gasteiger partial charge is 0.393 e. The number of nitrogens with zero attached hydrogens (tertiary/aromatic N) is 6. The van der Waals surface area contributed by atoms with E-state index in [1.165, 1.54) is 0 Å². The van der Waals surface area contributed by atoms with Gasteiger partial charge >= 0.3 is 0 Å². The number of hydrogen-bond donors (Lipinski definition) is 1. The summed E-state index contributed by atoms with van der Waals surface area (Å²) in [6.45, 7) is 13.3. The molecular formula is C13H17N7. The molecule has 0 spiro atoms. The van der Waals surface area contributed by atoms with Crippen molar-refractivity contribution in [3.8, 4) is 11.4 Å². The Balaban J connectivity index is 2.10. The second-order valence-corrected chi connectivity index (χ2v) is 6.09. The first-order chi connectivity index (χ1) is 9.41. The van der Waals surface area contributed by atoms with E-state index in [4.69, 9.17) is 12.3 Å². The molecule has 2 N–H and O–H groups in total. The van der Waals surface area contributed by atoms with Gasteiger partial charge in [0.2, 0.25) is 0 Å². The van der Waals surface area contributed by atoms with Gasteiger partial charge in [-0.1, -0.05) is 5.21 Å². The van der Waals surface area contributed by atoms with Gasteiger partial charge in [0.05, 0.1) is 24.3 Å². The van der Waals surface area contributed by atoms with Crippen LogP contribution in [0.15, 0.2) is 6.20 Å². The van der Waals surface area contributed by atoms with Crippen LogP contribution in [0.5, 0.6) is 0 Å². The number of rotatable bonds is 2. The van der Waals surface area contributed by atoms with E-state index in [2.05, 4.69) is 20.3 Å². The fourth-order valence-electron chi connectivity index (χ4n) is 2.12. The molecule has 1 saturated carbocycles. The summed E-state index contributed by atoms with van der Waals surface area (Å²) >= 11 is 0. The molecule has 1 aliphatic carbocycles. The van der Waals surface area contributed by atoms with Crippen molar-refractivity contribution >= 4 is 11.5 Å². The first-order valence-electron chi connectivity index (χ1n) is 6.60. The van der Waals surface area contributed by atoms with Gasteiger partial charge in [0.15, 0.2) is 0 Å². The topological polar surface area (TPSA) is 78.9 Å². The quantitative estimate of drug-likeness (QED) is 0.850. The summed E-state index contributed by atoms with van der Waals surface area (Å²) in [5, 5.41) is 12.7. The Labute approximate surface area is 117 Å². The van der Waals surface area contributed by atoms with Crippen LogP contribution < -0.4 is 5.73 Å². The van der Waals surface area contributed by atoms with E-state index < -0.39 is 0 Å². The molecule has 0 unspecified atom stereocenters. The van der Waals surface area contributed by atoms with E-state index in [-0.39, 0.29) is 5.54 Å². The van der Waals surface area contributed by atoms with Crippen molar-refractivity contribution in [3.05, 3.63) is 17.6 Å². The lowest BCUT2D eigenvalue weighted by molar-refractivity contribution is 0.362. The van der Waals surface area contributed by atoms with Gasteiger partial charge in [-0.15, -0.1) is 5.10 Å². The summed E-state index contributed by atoms with van der Waals surface area (Å²) in [6, 6.07) is 0.453. The van der Waals surface area contributed by atoms with Gasteiger partial charge in [0, 0.05) is 0 Å². The Morgan fingerprint density at radius 1 is 1.40 bits per heavy atom. The molecule has 0 bridgehead atoms. The summed E-state index contributed by atoms with van der Waals surface area (Å²) in [6.07, 6.45) is 4.12. The molecule has 0 amide bonds. The number of nitrogens with two attached hydrogens (primary N) is 1. The van der Waals surface area contributed by atoms with E-state index in [0.29, 0.717) is 28.9 Å². The normalized spacial score (nSPS) is 15.3. The van der Waals surface area contributed by atoms with Crippen molar-refractivity contribution in [2.24, 2.45) is 0 Å². The molecule has 0 saturated heterocycles. The molecule has 0 aliphatic heterocycles. The Morgan fingerprint density at radius 2 is 2.10 bits per heavy atom. The highest BCUT2D eigenvalue weighted by atomic mass is 15.4. The standard InChI is InChI=1S/C13H17N7/c1-13(2,3)20-12(14)11(15-4)10(17-20)9-7-19(18-16-9)8-5-6-8/h7-8H,5-6,14H2,1-3H3. The highest BCUT2D eigenvalue weighted by molar-refractivity contribution is 5.81. The molecular weight excluding hydrogens is 254 g/mol. The summed E-state index contributed by atoms with van der Waals surface area (Å²) < 4.78 is 3.52. The molecule has 2 heterocycles. The van der Waals surface area contributed by atoms with Gasteiger partial charge in [-0.2, -0.15) is 5.10 Å². The SMILES string of the molecule is [C-]#[N+]c1c(-c2cn(C3CC3)nn2)nn(C(C)(C)C)c1N. The summed E-state index contributed by atoms with van der Waals surface area (Å²) in [4.78, 5) is 3.51. The van der Waals surface area contributed by atoms with Gasteiger partial charge in [0.25, 0.3) is 5.69 Å². The van der Waals surface area contributed by atoms with Crippen molar-refractivity contribution < 1.29 is 0 Å². The molecule has 0 atom stereocenters. The lowest BCUT2D eigenvalue weighted by Crippen LogP contribution is -2.24. The molecule has 3 rings (SSSR count). The third-order valence-corrected chi connectivity index (χ3v) is 3.32. The van der Waals surface area contributed by atoms with Crippen LogP contribution in [0.4, 0.5) is 11.5 Å². The van der Waals surface area contributed by atoms with Crippen LogP contribution in [0.25, 0.3) is 16.2 Å². The van der Waals surface area contributed by atoms with Gasteiger partial charge in [0.1, 0.15) is 17.2 Å². The summed E-state index contributed by atoms with van der Waals surface area (Å²) in [5.41, 5.74) is 7.24. The highest BCUT2D eigenvalue weighted by Crippen LogP contribution is 2.38. The Kier molecular flexibility index (Phi) is 2.57. The van der Waals surface area contributed by atoms with Gasteiger partial charge in [-0.05, 0) is 33.6 Å². The maximum Gasteiger partial charge on any atom is 0.256 e. The molecule has 20 heavy (non-hydrogen) atoms. The molecule has 1 fully saturated rings. The third kappa shape index (κ3) is 1.93. The number of anilines is 1. The molecule has 2 aromatic heterocycles. The number of hydrogen-bond acceptors (Lipinski definition) is 4. The van der Waals surface area contributed by atoms with Crippen molar-refractivity contribution in [1.82, 2.24) is 24.8 Å². The van der Waals surface area contributed by atoms with E-state index in [0.717, 1.165) is 12.8 Å². The van der Waals surface area contributed by atoms with E-state index in [1.54, 1.807) is 4.68 Å².